The normalized spacial score (nSPS) is 15.7. The summed E-state index contributed by atoms with van der Waals surface area (Å²) in [6.07, 6.45) is -0.353. The number of fused-ring (bicyclic) bond motifs is 8. The van der Waals surface area contributed by atoms with Gasteiger partial charge in [-0.15, -0.1) is 0 Å². The molecule has 0 bridgehead atoms. The van der Waals surface area contributed by atoms with Gasteiger partial charge in [-0.2, -0.15) is 0 Å². The Labute approximate surface area is 347 Å². The highest BCUT2D eigenvalue weighted by molar-refractivity contribution is 6.13. The van der Waals surface area contributed by atoms with Crippen LogP contribution in [0, 0.1) is 0 Å². The molecule has 6 nitrogen and oxygen atoms in total. The van der Waals surface area contributed by atoms with E-state index < -0.39 is 0 Å². The van der Waals surface area contributed by atoms with E-state index in [0.717, 1.165) is 78.2 Å². The maximum absolute atomic E-state index is 6.73. The van der Waals surface area contributed by atoms with E-state index >= 15 is 0 Å². The summed E-state index contributed by atoms with van der Waals surface area (Å²) in [5, 5.41) is 5.84. The van der Waals surface area contributed by atoms with Crippen LogP contribution < -0.4 is 14.8 Å². The third-order valence-electron chi connectivity index (χ3n) is 12.2. The van der Waals surface area contributed by atoms with Crippen LogP contribution in [0.2, 0.25) is 0 Å². The number of nitrogens with zero attached hydrogens (tertiary/aromatic N) is 2. The molecule has 12 rings (SSSR count). The molecule has 1 N–H and O–H groups in total. The van der Waals surface area contributed by atoms with Gasteiger partial charge >= 0.3 is 0 Å². The molecule has 0 fully saturated rings. The molecule has 3 heterocycles. The summed E-state index contributed by atoms with van der Waals surface area (Å²) in [5.41, 5.74) is 13.7. The monoisotopic (exact) mass is 775 g/mol. The quantitative estimate of drug-likeness (QED) is 0.189. The summed E-state index contributed by atoms with van der Waals surface area (Å²) in [6, 6.07) is 60.7. The fourth-order valence-electron chi connectivity index (χ4n) is 9.13. The first-order chi connectivity index (χ1) is 29.5. The maximum atomic E-state index is 6.73. The van der Waals surface area contributed by atoms with Crippen molar-refractivity contribution in [2.24, 2.45) is 9.98 Å². The number of para-hydroxylation sites is 3. The lowest BCUT2D eigenvalue weighted by atomic mass is 9.82. The lowest BCUT2D eigenvalue weighted by Gasteiger charge is -2.26. The van der Waals surface area contributed by atoms with Crippen LogP contribution in [0.1, 0.15) is 47.8 Å². The third-order valence-corrected chi connectivity index (χ3v) is 12.2. The van der Waals surface area contributed by atoms with Crippen molar-refractivity contribution >= 4 is 33.6 Å². The molecule has 1 atom stereocenters. The Balaban J connectivity index is 0.867. The number of nitrogens with one attached hydrogen (secondary N) is 1. The van der Waals surface area contributed by atoms with E-state index in [4.69, 9.17) is 23.9 Å². The van der Waals surface area contributed by atoms with Gasteiger partial charge < -0.3 is 19.2 Å². The van der Waals surface area contributed by atoms with Crippen LogP contribution >= 0.6 is 0 Å². The molecule has 2 aliphatic heterocycles. The Kier molecular flexibility index (Phi) is 7.54. The molecule has 8 aromatic carbocycles. The Morgan fingerprint density at radius 3 is 2.03 bits per heavy atom. The minimum Gasteiger partial charge on any atom is -0.455 e. The van der Waals surface area contributed by atoms with Crippen LogP contribution in [-0.2, 0) is 5.41 Å². The van der Waals surface area contributed by atoms with Gasteiger partial charge in [0.15, 0.2) is 28.8 Å². The number of ether oxygens (including phenoxy) is 2. The van der Waals surface area contributed by atoms with Crippen LogP contribution in [0.25, 0.3) is 55.3 Å². The summed E-state index contributed by atoms with van der Waals surface area (Å²) < 4.78 is 19.7. The van der Waals surface area contributed by atoms with Crippen LogP contribution in [0.3, 0.4) is 0 Å². The number of hydrogen-bond acceptors (Lipinski definition) is 6. The summed E-state index contributed by atoms with van der Waals surface area (Å²) in [6.45, 7) is 4.55. The topological polar surface area (TPSA) is 68.4 Å². The average molecular weight is 776 g/mol. The first-order valence-electron chi connectivity index (χ1n) is 20.3. The first-order valence-corrected chi connectivity index (χ1v) is 20.3. The van der Waals surface area contributed by atoms with Crippen molar-refractivity contribution in [3.05, 3.63) is 204 Å². The summed E-state index contributed by atoms with van der Waals surface area (Å²) in [5.74, 6) is 4.27. The van der Waals surface area contributed by atoms with Crippen LogP contribution in [0.15, 0.2) is 190 Å². The summed E-state index contributed by atoms with van der Waals surface area (Å²) in [4.78, 5) is 10.3. The van der Waals surface area contributed by atoms with E-state index in [9.17, 15) is 0 Å². The summed E-state index contributed by atoms with van der Waals surface area (Å²) >= 11 is 0. The zero-order valence-corrected chi connectivity index (χ0v) is 32.9. The summed E-state index contributed by atoms with van der Waals surface area (Å²) in [7, 11) is 0. The standard InChI is InChI=1S/C54H37N3O3/c1-54(2)43-19-8-6-14-39(43)42-30-47-48(31-44(42)54)58-46-21-11-17-38(50(46)60-47)33-24-28-36(29-25-33)53-56-51(34-12-4-3-5-13-34)55-52(57-53)35-26-22-32(23-27-35)37-16-10-18-41-40-15-7-9-20-45(40)59-49(37)41/h3-31,52H,1-2H3,(H,55,56,57). The molecule has 6 heteroatoms. The van der Waals surface area contributed by atoms with Crippen LogP contribution in [0.5, 0.6) is 23.0 Å². The van der Waals surface area contributed by atoms with E-state index in [1.807, 2.05) is 42.5 Å². The van der Waals surface area contributed by atoms with Crippen LogP contribution in [-0.4, -0.2) is 11.7 Å². The molecule has 0 spiro atoms. The van der Waals surface area contributed by atoms with Gasteiger partial charge in [-0.25, -0.2) is 9.98 Å². The van der Waals surface area contributed by atoms with E-state index in [1.165, 1.54) is 22.3 Å². The van der Waals surface area contributed by atoms with Gasteiger partial charge in [0.05, 0.1) is 0 Å². The van der Waals surface area contributed by atoms with Gasteiger partial charge in [-0.05, 0) is 63.2 Å². The molecular weight excluding hydrogens is 739 g/mol. The maximum Gasteiger partial charge on any atom is 0.177 e. The lowest BCUT2D eigenvalue weighted by Crippen LogP contribution is -2.33. The second-order valence-electron chi connectivity index (χ2n) is 16.2. The van der Waals surface area contributed by atoms with Gasteiger partial charge in [-0.1, -0.05) is 166 Å². The van der Waals surface area contributed by atoms with Gasteiger partial charge in [0.2, 0.25) is 0 Å². The number of amidine groups is 2. The molecule has 9 aromatic rings. The van der Waals surface area contributed by atoms with Crippen molar-refractivity contribution in [2.75, 3.05) is 0 Å². The predicted molar refractivity (Wildman–Crippen MR) is 241 cm³/mol. The van der Waals surface area contributed by atoms with Gasteiger partial charge in [0.25, 0.3) is 0 Å². The smallest absolute Gasteiger partial charge is 0.177 e. The second-order valence-corrected chi connectivity index (χ2v) is 16.2. The molecule has 1 aromatic heterocycles. The van der Waals surface area contributed by atoms with Crippen molar-refractivity contribution in [1.82, 2.24) is 5.32 Å². The molecule has 0 amide bonds. The largest absolute Gasteiger partial charge is 0.455 e. The van der Waals surface area contributed by atoms with Crippen molar-refractivity contribution in [1.29, 1.82) is 0 Å². The molecule has 3 aliphatic rings. The Morgan fingerprint density at radius 1 is 0.500 bits per heavy atom. The fourth-order valence-corrected chi connectivity index (χ4v) is 9.13. The van der Waals surface area contributed by atoms with E-state index in [2.05, 4.69) is 153 Å². The first kappa shape index (κ1) is 34.4. The average Bonchev–Trinajstić information content (AvgIpc) is 3.79. The number of hydrogen-bond donors (Lipinski definition) is 1. The number of furan rings is 1. The Morgan fingerprint density at radius 2 is 1.17 bits per heavy atom. The van der Waals surface area contributed by atoms with Crippen molar-refractivity contribution in [3.63, 3.8) is 0 Å². The zero-order valence-electron chi connectivity index (χ0n) is 32.9. The Hall–Kier alpha value is -7.70. The highest BCUT2D eigenvalue weighted by Crippen LogP contribution is 2.56. The fraction of sp³-hybridized carbons (Fsp3) is 0.0741. The van der Waals surface area contributed by atoms with E-state index in [1.54, 1.807) is 0 Å². The number of rotatable bonds is 5. The van der Waals surface area contributed by atoms with Crippen molar-refractivity contribution < 1.29 is 13.9 Å². The highest BCUT2D eigenvalue weighted by Gasteiger charge is 2.37. The molecule has 60 heavy (non-hydrogen) atoms. The lowest BCUT2D eigenvalue weighted by molar-refractivity contribution is 0.360. The number of aliphatic imine (C=N–C) groups is 2. The molecule has 1 aliphatic carbocycles. The van der Waals surface area contributed by atoms with Gasteiger partial charge in [0.1, 0.15) is 23.2 Å². The third kappa shape index (κ3) is 5.41. The molecule has 0 saturated heterocycles. The second kappa shape index (κ2) is 13.2. The van der Waals surface area contributed by atoms with E-state index in [-0.39, 0.29) is 11.6 Å². The SMILES string of the molecule is CC1(C)c2ccccc2-c2cc3c(cc21)Oc1cccc(-c2ccc(C4=NC(c5ccc(-c6cccc7c6oc6ccccc67)cc5)NC(c5ccccc5)=N4)cc2)c1O3. The van der Waals surface area contributed by atoms with Crippen molar-refractivity contribution in [2.45, 2.75) is 25.4 Å². The molecule has 0 radical (unpaired) electrons. The van der Waals surface area contributed by atoms with E-state index in [0.29, 0.717) is 17.3 Å². The highest BCUT2D eigenvalue weighted by atomic mass is 16.6. The molecule has 1 unspecified atom stereocenters. The van der Waals surface area contributed by atoms with Crippen molar-refractivity contribution in [3.8, 4) is 56.4 Å². The predicted octanol–water partition coefficient (Wildman–Crippen LogP) is 13.6. The van der Waals surface area contributed by atoms with Gasteiger partial charge in [0, 0.05) is 38.4 Å². The van der Waals surface area contributed by atoms with Gasteiger partial charge in [-0.3, -0.25) is 0 Å². The van der Waals surface area contributed by atoms with Crippen LogP contribution in [0.4, 0.5) is 0 Å². The Bertz CT molecular complexity index is 3250. The zero-order chi connectivity index (χ0) is 40.0. The molecule has 0 saturated carbocycles. The minimum atomic E-state index is -0.353. The minimum absolute atomic E-state index is 0.129. The molecule has 286 valence electrons. The molecular formula is C54H37N3O3. The number of benzene rings is 8.